The molecule has 1 saturated carbocycles. The van der Waals surface area contributed by atoms with Gasteiger partial charge < -0.3 is 9.88 Å². The van der Waals surface area contributed by atoms with Crippen molar-refractivity contribution < 1.29 is 0 Å². The second-order valence-electron chi connectivity index (χ2n) is 5.70. The molecule has 1 fully saturated rings. The normalized spacial score (nSPS) is 16.6. The predicted molar refractivity (Wildman–Crippen MR) is 81.0 cm³/mol. The monoisotopic (exact) mass is 292 g/mol. The first-order valence-electron chi connectivity index (χ1n) is 7.11. The van der Waals surface area contributed by atoms with E-state index in [1.807, 2.05) is 21.0 Å². The van der Waals surface area contributed by atoms with Gasteiger partial charge in [0.2, 0.25) is 0 Å². The summed E-state index contributed by atoms with van der Waals surface area (Å²) < 4.78 is 3.93. The molecule has 1 aliphatic carbocycles. The summed E-state index contributed by atoms with van der Waals surface area (Å²) in [6.07, 6.45) is 7.03. The highest BCUT2D eigenvalue weighted by Crippen LogP contribution is 2.40. The third-order valence-electron chi connectivity index (χ3n) is 4.15. The molecule has 4 nitrogen and oxygen atoms in total. The van der Waals surface area contributed by atoms with E-state index in [1.54, 1.807) is 4.68 Å². The van der Waals surface area contributed by atoms with E-state index in [9.17, 15) is 0 Å². The minimum Gasteiger partial charge on any atom is -0.349 e. The number of rotatable bonds is 5. The Morgan fingerprint density at radius 1 is 1.50 bits per heavy atom. The minimum absolute atomic E-state index is 0.488. The molecule has 2 aromatic rings. The van der Waals surface area contributed by atoms with Gasteiger partial charge in [-0.25, -0.2) is 0 Å². The van der Waals surface area contributed by atoms with E-state index >= 15 is 0 Å². The first-order valence-corrected chi connectivity index (χ1v) is 7.49. The third kappa shape index (κ3) is 2.50. The standard InChI is InChI=1S/C15H21ClN4/c1-10-13(15(16)19(3)18-10)9-20-7-6-12(8-20)14(17-2)11-4-5-11/h6-8,11,14,17H,4-5,9H2,1-3H3. The summed E-state index contributed by atoms with van der Waals surface area (Å²) in [5.74, 6) is 0.805. The Bertz CT molecular complexity index is 609. The van der Waals surface area contributed by atoms with Crippen molar-refractivity contribution in [1.82, 2.24) is 19.7 Å². The molecule has 0 radical (unpaired) electrons. The van der Waals surface area contributed by atoms with E-state index in [2.05, 4.69) is 33.4 Å². The van der Waals surface area contributed by atoms with E-state index in [0.717, 1.165) is 28.9 Å². The third-order valence-corrected chi connectivity index (χ3v) is 4.62. The fraction of sp³-hybridized carbons (Fsp3) is 0.533. The average molecular weight is 293 g/mol. The molecule has 1 atom stereocenters. The Labute approximate surface area is 124 Å². The van der Waals surface area contributed by atoms with Gasteiger partial charge in [0.05, 0.1) is 12.2 Å². The van der Waals surface area contributed by atoms with Crippen LogP contribution in [0.15, 0.2) is 18.5 Å². The summed E-state index contributed by atoms with van der Waals surface area (Å²) in [7, 11) is 3.92. The molecule has 20 heavy (non-hydrogen) atoms. The van der Waals surface area contributed by atoms with Gasteiger partial charge in [0.15, 0.2) is 0 Å². The van der Waals surface area contributed by atoms with Crippen LogP contribution in [-0.2, 0) is 13.6 Å². The fourth-order valence-corrected chi connectivity index (χ4v) is 3.12. The maximum atomic E-state index is 6.30. The van der Waals surface area contributed by atoms with Gasteiger partial charge in [-0.05, 0) is 44.4 Å². The van der Waals surface area contributed by atoms with Crippen molar-refractivity contribution in [1.29, 1.82) is 0 Å². The molecule has 0 bridgehead atoms. The summed E-state index contributed by atoms with van der Waals surface area (Å²) >= 11 is 6.30. The van der Waals surface area contributed by atoms with Crippen LogP contribution in [0, 0.1) is 12.8 Å². The topological polar surface area (TPSA) is 34.8 Å². The van der Waals surface area contributed by atoms with Crippen LogP contribution in [0.1, 0.15) is 35.7 Å². The van der Waals surface area contributed by atoms with Crippen molar-refractivity contribution in [2.75, 3.05) is 7.05 Å². The molecule has 2 aromatic heterocycles. The van der Waals surface area contributed by atoms with Crippen LogP contribution in [0.4, 0.5) is 0 Å². The summed E-state index contributed by atoms with van der Waals surface area (Å²) in [5.41, 5.74) is 3.47. The molecule has 5 heteroatoms. The van der Waals surface area contributed by atoms with E-state index < -0.39 is 0 Å². The molecule has 2 heterocycles. The van der Waals surface area contributed by atoms with Crippen molar-refractivity contribution >= 4 is 11.6 Å². The highest BCUT2D eigenvalue weighted by Gasteiger charge is 2.31. The Morgan fingerprint density at radius 3 is 2.80 bits per heavy atom. The van der Waals surface area contributed by atoms with Crippen molar-refractivity contribution in [2.24, 2.45) is 13.0 Å². The molecule has 1 N–H and O–H groups in total. The smallest absolute Gasteiger partial charge is 0.131 e. The lowest BCUT2D eigenvalue weighted by atomic mass is 10.1. The number of hydrogen-bond donors (Lipinski definition) is 1. The fourth-order valence-electron chi connectivity index (χ4n) is 2.88. The Hall–Kier alpha value is -1.26. The zero-order valence-electron chi connectivity index (χ0n) is 12.2. The van der Waals surface area contributed by atoms with Crippen molar-refractivity contribution in [3.8, 4) is 0 Å². The summed E-state index contributed by atoms with van der Waals surface area (Å²) in [6, 6.07) is 2.70. The molecule has 3 rings (SSSR count). The molecule has 1 aliphatic rings. The van der Waals surface area contributed by atoms with Crippen LogP contribution in [-0.4, -0.2) is 21.4 Å². The van der Waals surface area contributed by atoms with E-state index in [0.29, 0.717) is 6.04 Å². The number of aromatic nitrogens is 3. The number of nitrogens with one attached hydrogen (secondary N) is 1. The Morgan fingerprint density at radius 2 is 2.25 bits per heavy atom. The van der Waals surface area contributed by atoms with Crippen molar-refractivity contribution in [3.63, 3.8) is 0 Å². The number of aryl methyl sites for hydroxylation is 2. The zero-order chi connectivity index (χ0) is 14.3. The van der Waals surface area contributed by atoms with Gasteiger partial charge in [0, 0.05) is 31.0 Å². The largest absolute Gasteiger partial charge is 0.349 e. The van der Waals surface area contributed by atoms with Gasteiger partial charge in [-0.2, -0.15) is 5.10 Å². The summed E-state index contributed by atoms with van der Waals surface area (Å²) in [4.78, 5) is 0. The second kappa shape index (κ2) is 5.26. The van der Waals surface area contributed by atoms with Crippen LogP contribution in [0.3, 0.4) is 0 Å². The maximum Gasteiger partial charge on any atom is 0.131 e. The SMILES string of the molecule is CNC(c1ccn(Cc2c(C)nn(C)c2Cl)c1)C1CC1. The Kier molecular flexibility index (Phi) is 3.61. The molecule has 0 amide bonds. The van der Waals surface area contributed by atoms with Gasteiger partial charge in [-0.3, -0.25) is 4.68 Å². The molecule has 108 valence electrons. The summed E-state index contributed by atoms with van der Waals surface area (Å²) in [5, 5.41) is 8.52. The number of nitrogens with zero attached hydrogens (tertiary/aromatic N) is 3. The van der Waals surface area contributed by atoms with E-state index in [1.165, 1.54) is 18.4 Å². The van der Waals surface area contributed by atoms with Crippen LogP contribution in [0.2, 0.25) is 5.15 Å². The van der Waals surface area contributed by atoms with Gasteiger partial charge in [0.1, 0.15) is 5.15 Å². The average Bonchev–Trinajstić information content (AvgIpc) is 3.09. The molecular weight excluding hydrogens is 272 g/mol. The van der Waals surface area contributed by atoms with Gasteiger partial charge >= 0.3 is 0 Å². The van der Waals surface area contributed by atoms with Crippen LogP contribution >= 0.6 is 11.6 Å². The molecular formula is C15H21ClN4. The lowest BCUT2D eigenvalue weighted by Gasteiger charge is -2.13. The minimum atomic E-state index is 0.488. The highest BCUT2D eigenvalue weighted by molar-refractivity contribution is 6.30. The van der Waals surface area contributed by atoms with Gasteiger partial charge in [0.25, 0.3) is 0 Å². The van der Waals surface area contributed by atoms with Crippen LogP contribution in [0.25, 0.3) is 0 Å². The lowest BCUT2D eigenvalue weighted by Crippen LogP contribution is -2.17. The van der Waals surface area contributed by atoms with Crippen molar-refractivity contribution in [2.45, 2.75) is 32.4 Å². The van der Waals surface area contributed by atoms with Crippen molar-refractivity contribution in [3.05, 3.63) is 40.4 Å². The quantitative estimate of drug-likeness (QED) is 0.919. The lowest BCUT2D eigenvalue weighted by molar-refractivity contribution is 0.528. The first-order chi connectivity index (χ1) is 9.60. The van der Waals surface area contributed by atoms with Crippen LogP contribution in [0.5, 0.6) is 0 Å². The number of hydrogen-bond acceptors (Lipinski definition) is 2. The van der Waals surface area contributed by atoms with Crippen LogP contribution < -0.4 is 5.32 Å². The zero-order valence-corrected chi connectivity index (χ0v) is 13.0. The van der Waals surface area contributed by atoms with E-state index in [4.69, 9.17) is 11.6 Å². The molecule has 0 aliphatic heterocycles. The Balaban J connectivity index is 1.80. The first kappa shape index (κ1) is 13.7. The van der Waals surface area contributed by atoms with Gasteiger partial charge in [-0.1, -0.05) is 11.6 Å². The number of halogens is 1. The highest BCUT2D eigenvalue weighted by atomic mass is 35.5. The molecule has 0 spiro atoms. The predicted octanol–water partition coefficient (Wildman–Crippen LogP) is 2.90. The van der Waals surface area contributed by atoms with E-state index in [-0.39, 0.29) is 0 Å². The maximum absolute atomic E-state index is 6.30. The molecule has 0 aromatic carbocycles. The second-order valence-corrected chi connectivity index (χ2v) is 6.06. The van der Waals surface area contributed by atoms with Gasteiger partial charge in [-0.15, -0.1) is 0 Å². The summed E-state index contributed by atoms with van der Waals surface area (Å²) in [6.45, 7) is 2.78. The molecule has 0 saturated heterocycles. The molecule has 1 unspecified atom stereocenters.